The lowest BCUT2D eigenvalue weighted by molar-refractivity contribution is 0.258. The second-order valence-corrected chi connectivity index (χ2v) is 5.81. The van der Waals surface area contributed by atoms with Crippen molar-refractivity contribution >= 4 is 33.4 Å². The summed E-state index contributed by atoms with van der Waals surface area (Å²) in [5.41, 5.74) is 6.67. The van der Waals surface area contributed by atoms with Crippen LogP contribution in [0.25, 0.3) is 0 Å². The van der Waals surface area contributed by atoms with Crippen LogP contribution in [0.2, 0.25) is 5.02 Å². The van der Waals surface area contributed by atoms with Gasteiger partial charge in [-0.25, -0.2) is 0 Å². The molecule has 6 heteroatoms. The van der Waals surface area contributed by atoms with Gasteiger partial charge in [0.15, 0.2) is 0 Å². The fourth-order valence-corrected chi connectivity index (χ4v) is 2.51. The lowest BCUT2D eigenvalue weighted by Gasteiger charge is -2.24. The first-order valence-electron chi connectivity index (χ1n) is 6.11. The van der Waals surface area contributed by atoms with Gasteiger partial charge < -0.3 is 10.9 Å². The van der Waals surface area contributed by atoms with Crippen molar-refractivity contribution in [2.45, 2.75) is 20.4 Å². The number of oxime groups is 1. The van der Waals surface area contributed by atoms with Gasteiger partial charge in [-0.3, -0.25) is 4.90 Å². The summed E-state index contributed by atoms with van der Waals surface area (Å²) in [4.78, 5) is 2.21. The minimum Gasteiger partial charge on any atom is -0.409 e. The summed E-state index contributed by atoms with van der Waals surface area (Å²) in [5.74, 6) is 0.250. The molecule has 0 saturated carbocycles. The van der Waals surface area contributed by atoms with E-state index >= 15 is 0 Å². The van der Waals surface area contributed by atoms with Crippen LogP contribution in [0.15, 0.2) is 27.8 Å². The highest BCUT2D eigenvalue weighted by Crippen LogP contribution is 2.22. The largest absolute Gasteiger partial charge is 0.409 e. The van der Waals surface area contributed by atoms with Crippen molar-refractivity contribution < 1.29 is 5.21 Å². The van der Waals surface area contributed by atoms with Crippen molar-refractivity contribution in [2.75, 3.05) is 13.1 Å². The molecule has 1 unspecified atom stereocenters. The van der Waals surface area contributed by atoms with Crippen molar-refractivity contribution in [1.82, 2.24) is 4.90 Å². The summed E-state index contributed by atoms with van der Waals surface area (Å²) in [6.45, 7) is 6.34. The fourth-order valence-electron chi connectivity index (χ4n) is 1.78. The highest BCUT2D eigenvalue weighted by molar-refractivity contribution is 9.10. The summed E-state index contributed by atoms with van der Waals surface area (Å²) in [6, 6.07) is 5.86. The van der Waals surface area contributed by atoms with E-state index in [4.69, 9.17) is 22.5 Å². The van der Waals surface area contributed by atoms with E-state index in [9.17, 15) is 0 Å². The SMILES string of the molecule is CCN(Cc1ccc(Br)cc1Cl)CC(C)/C(N)=N/O. The maximum atomic E-state index is 8.67. The van der Waals surface area contributed by atoms with Crippen molar-refractivity contribution in [3.05, 3.63) is 33.3 Å². The first-order valence-corrected chi connectivity index (χ1v) is 7.28. The third-order valence-corrected chi connectivity index (χ3v) is 3.85. The second-order valence-electron chi connectivity index (χ2n) is 4.49. The van der Waals surface area contributed by atoms with Gasteiger partial charge in [0.1, 0.15) is 5.84 Å². The molecule has 0 aromatic heterocycles. The molecule has 0 aliphatic carbocycles. The topological polar surface area (TPSA) is 61.8 Å². The molecule has 0 radical (unpaired) electrons. The molecule has 1 aromatic carbocycles. The smallest absolute Gasteiger partial charge is 0.143 e. The molecule has 1 rings (SSSR count). The Morgan fingerprint density at radius 1 is 1.58 bits per heavy atom. The molecular weight excluding hydrogens is 330 g/mol. The molecule has 0 aliphatic heterocycles. The van der Waals surface area contributed by atoms with Crippen LogP contribution >= 0.6 is 27.5 Å². The van der Waals surface area contributed by atoms with Gasteiger partial charge in [0, 0.05) is 28.5 Å². The molecule has 0 saturated heterocycles. The van der Waals surface area contributed by atoms with Crippen LogP contribution in [0.5, 0.6) is 0 Å². The third-order valence-electron chi connectivity index (χ3n) is 3.01. The van der Waals surface area contributed by atoms with Crippen molar-refractivity contribution in [3.8, 4) is 0 Å². The summed E-state index contributed by atoms with van der Waals surface area (Å²) in [7, 11) is 0. The van der Waals surface area contributed by atoms with Gasteiger partial charge in [-0.05, 0) is 24.2 Å². The zero-order valence-electron chi connectivity index (χ0n) is 11.1. The standard InChI is InChI=1S/C13H19BrClN3O/c1-3-18(7-9(2)13(16)17-19)8-10-4-5-11(14)6-12(10)15/h4-6,9,19H,3,7-8H2,1-2H3,(H2,16,17). The molecule has 0 heterocycles. The predicted octanol–water partition coefficient (Wildman–Crippen LogP) is 3.31. The van der Waals surface area contributed by atoms with Gasteiger partial charge in [-0.1, -0.05) is 52.6 Å². The van der Waals surface area contributed by atoms with Crippen LogP contribution in [-0.4, -0.2) is 29.0 Å². The Kier molecular flexibility index (Phi) is 6.62. The molecule has 0 aliphatic rings. The van der Waals surface area contributed by atoms with Gasteiger partial charge in [0.2, 0.25) is 0 Å². The van der Waals surface area contributed by atoms with Gasteiger partial charge in [0.05, 0.1) is 0 Å². The number of rotatable bonds is 6. The summed E-state index contributed by atoms with van der Waals surface area (Å²) >= 11 is 9.60. The van der Waals surface area contributed by atoms with Crippen molar-refractivity contribution in [1.29, 1.82) is 0 Å². The van der Waals surface area contributed by atoms with Crippen LogP contribution in [0.1, 0.15) is 19.4 Å². The quantitative estimate of drug-likeness (QED) is 0.359. The van der Waals surface area contributed by atoms with Gasteiger partial charge in [-0.15, -0.1) is 0 Å². The molecule has 3 N–H and O–H groups in total. The molecule has 0 bridgehead atoms. The normalized spacial score (nSPS) is 13.8. The lowest BCUT2D eigenvalue weighted by atomic mass is 10.1. The molecule has 0 amide bonds. The minimum atomic E-state index is -0.000765. The Morgan fingerprint density at radius 3 is 2.79 bits per heavy atom. The van der Waals surface area contributed by atoms with E-state index in [0.717, 1.165) is 34.7 Å². The van der Waals surface area contributed by atoms with Crippen LogP contribution in [0.4, 0.5) is 0 Å². The Hall–Kier alpha value is -0.780. The number of nitrogens with zero attached hydrogens (tertiary/aromatic N) is 2. The molecular formula is C13H19BrClN3O. The zero-order valence-corrected chi connectivity index (χ0v) is 13.4. The fraction of sp³-hybridized carbons (Fsp3) is 0.462. The van der Waals surface area contributed by atoms with Crippen molar-refractivity contribution in [3.63, 3.8) is 0 Å². The van der Waals surface area contributed by atoms with E-state index in [1.165, 1.54) is 0 Å². The Labute approximate surface area is 127 Å². The van der Waals surface area contributed by atoms with E-state index < -0.39 is 0 Å². The summed E-state index contributed by atoms with van der Waals surface area (Å²) < 4.78 is 0.967. The molecule has 1 atom stereocenters. The van der Waals surface area contributed by atoms with E-state index in [0.29, 0.717) is 0 Å². The van der Waals surface area contributed by atoms with Gasteiger partial charge in [-0.2, -0.15) is 0 Å². The predicted molar refractivity (Wildman–Crippen MR) is 82.7 cm³/mol. The Bertz CT molecular complexity index is 454. The second kappa shape index (κ2) is 7.72. The van der Waals surface area contributed by atoms with E-state index in [1.807, 2.05) is 25.1 Å². The van der Waals surface area contributed by atoms with E-state index in [-0.39, 0.29) is 11.8 Å². The first kappa shape index (κ1) is 16.3. The molecule has 106 valence electrons. The highest BCUT2D eigenvalue weighted by Gasteiger charge is 2.14. The number of halogens is 2. The highest BCUT2D eigenvalue weighted by atomic mass is 79.9. The molecule has 0 spiro atoms. The van der Waals surface area contributed by atoms with Crippen LogP contribution in [-0.2, 0) is 6.54 Å². The Balaban J connectivity index is 2.71. The molecule has 19 heavy (non-hydrogen) atoms. The number of amidine groups is 1. The van der Waals surface area contributed by atoms with Crippen molar-refractivity contribution in [2.24, 2.45) is 16.8 Å². The Morgan fingerprint density at radius 2 is 2.26 bits per heavy atom. The first-order chi connectivity index (χ1) is 8.97. The zero-order chi connectivity index (χ0) is 14.4. The molecule has 4 nitrogen and oxygen atoms in total. The van der Waals surface area contributed by atoms with E-state index in [1.54, 1.807) is 0 Å². The number of hydrogen-bond acceptors (Lipinski definition) is 3. The maximum absolute atomic E-state index is 8.67. The number of hydrogen-bond donors (Lipinski definition) is 2. The number of nitrogens with two attached hydrogens (primary N) is 1. The minimum absolute atomic E-state index is 0.000765. The summed E-state index contributed by atoms with van der Waals surface area (Å²) in [5, 5.41) is 12.5. The monoisotopic (exact) mass is 347 g/mol. The van der Waals surface area contributed by atoms with Crippen LogP contribution in [0.3, 0.4) is 0 Å². The lowest BCUT2D eigenvalue weighted by Crippen LogP contribution is -2.34. The number of benzene rings is 1. The molecule has 1 aromatic rings. The van der Waals surface area contributed by atoms with E-state index in [2.05, 4.69) is 32.9 Å². The average Bonchev–Trinajstić information content (AvgIpc) is 2.39. The third kappa shape index (κ3) is 5.01. The van der Waals surface area contributed by atoms with Gasteiger partial charge >= 0.3 is 0 Å². The van der Waals surface area contributed by atoms with Crippen LogP contribution in [0, 0.1) is 5.92 Å². The molecule has 0 fully saturated rings. The van der Waals surface area contributed by atoms with Gasteiger partial charge in [0.25, 0.3) is 0 Å². The average molecular weight is 349 g/mol. The maximum Gasteiger partial charge on any atom is 0.143 e. The summed E-state index contributed by atoms with van der Waals surface area (Å²) in [6.07, 6.45) is 0. The van der Waals surface area contributed by atoms with Crippen LogP contribution < -0.4 is 5.73 Å².